The SMILES string of the molecule is COc1ccc2c(c1)CCC[C@@H]1CNC3CCC(C2)N(CC2CC2)CCC31. The number of benzene rings is 1. The average Bonchev–Trinajstić information content (AvgIpc) is 3.41. The molecule has 5 aliphatic rings. The van der Waals surface area contributed by atoms with Gasteiger partial charge in [-0.05, 0) is 112 Å². The lowest BCUT2D eigenvalue weighted by atomic mass is 9.79. The molecule has 0 amide bonds. The van der Waals surface area contributed by atoms with E-state index in [1.54, 1.807) is 18.2 Å². The van der Waals surface area contributed by atoms with E-state index >= 15 is 0 Å². The Labute approximate surface area is 164 Å². The largest absolute Gasteiger partial charge is 0.497 e. The summed E-state index contributed by atoms with van der Waals surface area (Å²) in [7, 11) is 1.80. The van der Waals surface area contributed by atoms with Crippen LogP contribution in [0.5, 0.6) is 5.75 Å². The van der Waals surface area contributed by atoms with E-state index in [9.17, 15) is 0 Å². The van der Waals surface area contributed by atoms with Crippen molar-refractivity contribution in [1.29, 1.82) is 0 Å². The molecule has 148 valence electrons. The second-order valence-electron chi connectivity index (χ2n) is 9.63. The smallest absolute Gasteiger partial charge is 0.119 e. The molecule has 0 aromatic heterocycles. The summed E-state index contributed by atoms with van der Waals surface area (Å²) in [5.74, 6) is 3.82. The molecule has 27 heavy (non-hydrogen) atoms. The van der Waals surface area contributed by atoms with Gasteiger partial charge in [0.25, 0.3) is 0 Å². The Bertz CT molecular complexity index is 656. The second-order valence-corrected chi connectivity index (χ2v) is 9.63. The number of fused-ring (bicyclic) bond motifs is 5. The molecule has 2 saturated heterocycles. The molecule has 3 nitrogen and oxygen atoms in total. The molecular formula is C24H36N2O. The number of hydrogen-bond donors (Lipinski definition) is 1. The first-order chi connectivity index (χ1) is 13.3. The van der Waals surface area contributed by atoms with Crippen LogP contribution in [0.2, 0.25) is 0 Å². The molecule has 1 saturated carbocycles. The molecule has 0 spiro atoms. The number of methoxy groups -OCH3 is 1. The maximum atomic E-state index is 5.54. The highest BCUT2D eigenvalue weighted by molar-refractivity contribution is 5.36. The summed E-state index contributed by atoms with van der Waals surface area (Å²) in [5.41, 5.74) is 3.13. The zero-order valence-electron chi connectivity index (χ0n) is 17.0. The summed E-state index contributed by atoms with van der Waals surface area (Å²) in [4.78, 5) is 2.90. The van der Waals surface area contributed by atoms with Crippen molar-refractivity contribution >= 4 is 0 Å². The zero-order chi connectivity index (χ0) is 18.2. The summed E-state index contributed by atoms with van der Waals surface area (Å²) in [6.07, 6.45) is 12.2. The molecule has 4 atom stereocenters. The monoisotopic (exact) mass is 368 g/mol. The molecule has 4 bridgehead atoms. The van der Waals surface area contributed by atoms with Crippen molar-refractivity contribution in [3.63, 3.8) is 0 Å². The van der Waals surface area contributed by atoms with Crippen LogP contribution in [-0.4, -0.2) is 43.7 Å². The predicted molar refractivity (Wildman–Crippen MR) is 110 cm³/mol. The number of ether oxygens (including phenoxy) is 1. The van der Waals surface area contributed by atoms with Crippen molar-refractivity contribution in [1.82, 2.24) is 10.2 Å². The molecule has 6 rings (SSSR count). The summed E-state index contributed by atoms with van der Waals surface area (Å²) in [6.45, 7) is 3.94. The van der Waals surface area contributed by atoms with Gasteiger partial charge in [0.1, 0.15) is 5.75 Å². The Morgan fingerprint density at radius 2 is 2.00 bits per heavy atom. The molecule has 3 aliphatic heterocycles. The molecule has 1 N–H and O–H groups in total. The Morgan fingerprint density at radius 1 is 1.07 bits per heavy atom. The van der Waals surface area contributed by atoms with Gasteiger partial charge in [0.05, 0.1) is 7.11 Å². The van der Waals surface area contributed by atoms with Gasteiger partial charge in [-0.25, -0.2) is 0 Å². The zero-order valence-corrected chi connectivity index (χ0v) is 17.0. The van der Waals surface area contributed by atoms with Crippen LogP contribution in [0.4, 0.5) is 0 Å². The Balaban J connectivity index is 1.46. The van der Waals surface area contributed by atoms with Crippen LogP contribution in [0.25, 0.3) is 0 Å². The maximum absolute atomic E-state index is 5.54. The number of rotatable bonds is 3. The quantitative estimate of drug-likeness (QED) is 0.871. The number of nitrogens with one attached hydrogen (secondary N) is 1. The second kappa shape index (κ2) is 7.75. The molecule has 3 heterocycles. The van der Waals surface area contributed by atoms with Crippen molar-refractivity contribution in [2.45, 2.75) is 69.9 Å². The highest BCUT2D eigenvalue weighted by Crippen LogP contribution is 2.38. The van der Waals surface area contributed by atoms with Crippen LogP contribution >= 0.6 is 0 Å². The average molecular weight is 369 g/mol. The van der Waals surface area contributed by atoms with Gasteiger partial charge in [0, 0.05) is 18.6 Å². The van der Waals surface area contributed by atoms with E-state index in [-0.39, 0.29) is 0 Å². The summed E-state index contributed by atoms with van der Waals surface area (Å²) >= 11 is 0. The topological polar surface area (TPSA) is 24.5 Å². The molecule has 2 aliphatic carbocycles. The van der Waals surface area contributed by atoms with Gasteiger partial charge in [-0.15, -0.1) is 0 Å². The van der Waals surface area contributed by atoms with Crippen molar-refractivity contribution in [3.8, 4) is 5.75 Å². The number of nitrogens with zero attached hydrogens (tertiary/aromatic N) is 1. The van der Waals surface area contributed by atoms with E-state index in [2.05, 4.69) is 28.4 Å². The van der Waals surface area contributed by atoms with E-state index in [0.29, 0.717) is 0 Å². The molecule has 3 unspecified atom stereocenters. The Kier molecular flexibility index (Phi) is 5.17. The van der Waals surface area contributed by atoms with E-state index in [1.807, 2.05) is 0 Å². The molecule has 3 fully saturated rings. The van der Waals surface area contributed by atoms with Gasteiger partial charge in [0.15, 0.2) is 0 Å². The normalized spacial score (nSPS) is 34.4. The highest BCUT2D eigenvalue weighted by Gasteiger charge is 2.39. The molecule has 0 radical (unpaired) electrons. The highest BCUT2D eigenvalue weighted by atomic mass is 16.5. The lowest BCUT2D eigenvalue weighted by Crippen LogP contribution is -2.44. The minimum Gasteiger partial charge on any atom is -0.497 e. The summed E-state index contributed by atoms with van der Waals surface area (Å²) in [5, 5.41) is 3.92. The van der Waals surface area contributed by atoms with Gasteiger partial charge in [-0.2, -0.15) is 0 Å². The predicted octanol–water partition coefficient (Wildman–Crippen LogP) is 4.04. The first-order valence-electron chi connectivity index (χ1n) is 11.4. The van der Waals surface area contributed by atoms with Gasteiger partial charge in [-0.3, -0.25) is 4.90 Å². The summed E-state index contributed by atoms with van der Waals surface area (Å²) < 4.78 is 5.54. The minimum absolute atomic E-state index is 0.721. The van der Waals surface area contributed by atoms with Gasteiger partial charge < -0.3 is 10.1 Å². The maximum Gasteiger partial charge on any atom is 0.119 e. The number of aryl methyl sites for hydroxylation is 1. The first-order valence-corrected chi connectivity index (χ1v) is 11.4. The van der Waals surface area contributed by atoms with E-state index < -0.39 is 0 Å². The molecule has 1 aromatic carbocycles. The van der Waals surface area contributed by atoms with Crippen LogP contribution in [0.1, 0.15) is 56.1 Å². The summed E-state index contributed by atoms with van der Waals surface area (Å²) in [6, 6.07) is 8.38. The van der Waals surface area contributed by atoms with Crippen molar-refractivity contribution in [2.24, 2.45) is 17.8 Å². The Hall–Kier alpha value is -1.06. The van der Waals surface area contributed by atoms with Gasteiger partial charge in [-0.1, -0.05) is 6.07 Å². The van der Waals surface area contributed by atoms with Crippen LogP contribution in [0.3, 0.4) is 0 Å². The van der Waals surface area contributed by atoms with Crippen LogP contribution < -0.4 is 10.1 Å². The number of hydrogen-bond acceptors (Lipinski definition) is 3. The van der Waals surface area contributed by atoms with Gasteiger partial charge >= 0.3 is 0 Å². The van der Waals surface area contributed by atoms with Crippen LogP contribution in [0.15, 0.2) is 18.2 Å². The van der Waals surface area contributed by atoms with E-state index in [1.165, 1.54) is 77.4 Å². The third-order valence-corrected chi connectivity index (χ3v) is 7.92. The lowest BCUT2D eigenvalue weighted by Gasteiger charge is -2.39. The van der Waals surface area contributed by atoms with E-state index in [4.69, 9.17) is 4.74 Å². The minimum atomic E-state index is 0.721. The molecule has 1 aromatic rings. The fourth-order valence-corrected chi connectivity index (χ4v) is 6.13. The van der Waals surface area contributed by atoms with Gasteiger partial charge in [0.2, 0.25) is 0 Å². The lowest BCUT2D eigenvalue weighted by molar-refractivity contribution is 0.127. The fraction of sp³-hybridized carbons (Fsp3) is 0.750. The van der Waals surface area contributed by atoms with Crippen molar-refractivity contribution < 1.29 is 4.74 Å². The standard InChI is InChI=1S/C24H36N2O/c1-27-22-9-7-19-13-21-8-10-24-23(11-12-26(21)16-17-5-6-17)20(15-25-24)4-2-3-18(19)14-22/h7,9,14,17,20-21,23-25H,2-6,8,10-13,15-16H2,1H3/t20-,21?,23?,24?/m1/s1. The van der Waals surface area contributed by atoms with Crippen LogP contribution in [0, 0.1) is 17.8 Å². The fourth-order valence-electron chi connectivity index (χ4n) is 6.13. The first kappa shape index (κ1) is 18.0. The van der Waals surface area contributed by atoms with E-state index in [0.717, 1.165) is 35.6 Å². The van der Waals surface area contributed by atoms with Crippen LogP contribution in [-0.2, 0) is 12.8 Å². The third kappa shape index (κ3) is 3.91. The molecule has 3 heteroatoms. The van der Waals surface area contributed by atoms with Crippen molar-refractivity contribution in [2.75, 3.05) is 26.7 Å². The van der Waals surface area contributed by atoms with Crippen molar-refractivity contribution in [3.05, 3.63) is 29.3 Å². The Morgan fingerprint density at radius 3 is 2.85 bits per heavy atom. The molecular weight excluding hydrogens is 332 g/mol. The third-order valence-electron chi connectivity index (χ3n) is 7.92.